The molecule has 0 saturated heterocycles. The Morgan fingerprint density at radius 3 is 2.54 bits per heavy atom. The van der Waals surface area contributed by atoms with Crippen LogP contribution >= 0.6 is 0 Å². The van der Waals surface area contributed by atoms with Gasteiger partial charge in [-0.1, -0.05) is 24.3 Å². The van der Waals surface area contributed by atoms with Gasteiger partial charge in [-0.15, -0.1) is 0 Å². The van der Waals surface area contributed by atoms with Crippen LogP contribution in [0.4, 0.5) is 14.9 Å². The highest BCUT2D eigenvalue weighted by Gasteiger charge is 2.43. The molecular formula is C31H29FN2O7. The number of carbonyl (C=O) groups excluding carboxylic acids is 1. The molecule has 0 unspecified atom stereocenters. The topological polar surface area (TPSA) is 111 Å². The number of aromatic nitrogens is 1. The van der Waals surface area contributed by atoms with Gasteiger partial charge in [0, 0.05) is 12.0 Å². The van der Waals surface area contributed by atoms with Gasteiger partial charge >= 0.3 is 6.16 Å². The summed E-state index contributed by atoms with van der Waals surface area (Å²) in [5.74, 6) is 1.05. The molecule has 0 spiro atoms. The van der Waals surface area contributed by atoms with Gasteiger partial charge in [0.1, 0.15) is 23.9 Å². The van der Waals surface area contributed by atoms with E-state index in [1.54, 1.807) is 63.2 Å². The molecule has 1 aromatic heterocycles. The van der Waals surface area contributed by atoms with E-state index in [9.17, 15) is 19.1 Å². The largest absolute Gasteiger partial charge is 0.507 e. The highest BCUT2D eigenvalue weighted by Crippen LogP contribution is 2.40. The smallest absolute Gasteiger partial charge is 0.493 e. The van der Waals surface area contributed by atoms with E-state index in [2.05, 4.69) is 4.98 Å². The minimum Gasteiger partial charge on any atom is -0.493 e. The van der Waals surface area contributed by atoms with Crippen LogP contribution in [-0.2, 0) is 28.0 Å². The first-order valence-corrected chi connectivity index (χ1v) is 12.9. The number of aryl methyl sites for hydroxylation is 1. The maximum absolute atomic E-state index is 14.0. The quantitative estimate of drug-likeness (QED) is 0.251. The number of carbonyl (C=O) groups is 2. The third kappa shape index (κ3) is 5.45. The summed E-state index contributed by atoms with van der Waals surface area (Å²) in [6.07, 6.45) is -2.17. The zero-order valence-electron chi connectivity index (χ0n) is 23.0. The van der Waals surface area contributed by atoms with Gasteiger partial charge in [-0.3, -0.25) is 9.69 Å². The van der Waals surface area contributed by atoms with Crippen molar-refractivity contribution in [3.63, 3.8) is 0 Å². The fourth-order valence-corrected chi connectivity index (χ4v) is 4.83. The van der Waals surface area contributed by atoms with E-state index < -0.39 is 17.8 Å². The second-order valence-electron chi connectivity index (χ2n) is 10.2. The summed E-state index contributed by atoms with van der Waals surface area (Å²) < 4.78 is 35.8. The summed E-state index contributed by atoms with van der Waals surface area (Å²) in [7, 11) is 1.52. The van der Waals surface area contributed by atoms with E-state index in [0.29, 0.717) is 45.7 Å². The van der Waals surface area contributed by atoms with Crippen LogP contribution in [0.25, 0.3) is 11.5 Å². The van der Waals surface area contributed by atoms with Gasteiger partial charge < -0.3 is 23.7 Å². The third-order valence-electron chi connectivity index (χ3n) is 7.16. The molecule has 1 aliphatic rings. The van der Waals surface area contributed by atoms with Crippen LogP contribution < -0.4 is 14.4 Å². The monoisotopic (exact) mass is 560 g/mol. The zero-order chi connectivity index (χ0) is 29.3. The standard InChI is InChI=1S/C31H29FN2O7/c1-18-23(33-28(40-18)19-9-12-22(32)13-10-19)17-39-26-16-21(11-14-25(26)38-4)31(2,3)29(35)34-24-8-6-5-7-20(24)15-27(34)41-30(36)37/h5-14,16,27H,15,17H2,1-4H3,(H,36,37)/t27-/m1/s1. The number of fused-ring (bicyclic) bond motifs is 1. The lowest BCUT2D eigenvalue weighted by atomic mass is 9.82. The molecule has 212 valence electrons. The minimum atomic E-state index is -1.45. The number of oxazole rings is 1. The van der Waals surface area contributed by atoms with Gasteiger partial charge in [0.05, 0.1) is 18.2 Å². The molecule has 0 saturated carbocycles. The number of para-hydroxylation sites is 1. The number of hydrogen-bond acceptors (Lipinski definition) is 7. The van der Waals surface area contributed by atoms with Gasteiger partial charge in [0.2, 0.25) is 11.8 Å². The maximum Gasteiger partial charge on any atom is 0.507 e. The lowest BCUT2D eigenvalue weighted by Gasteiger charge is -2.33. The number of hydrogen-bond donors (Lipinski definition) is 1. The van der Waals surface area contributed by atoms with Gasteiger partial charge in [-0.25, -0.2) is 14.2 Å². The number of amides is 1. The van der Waals surface area contributed by atoms with E-state index in [1.807, 2.05) is 12.1 Å². The van der Waals surface area contributed by atoms with E-state index in [-0.39, 0.29) is 24.8 Å². The molecule has 9 nitrogen and oxygen atoms in total. The minimum absolute atomic E-state index is 0.0543. The number of carboxylic acid groups (broad SMARTS) is 1. The number of anilines is 1. The van der Waals surface area contributed by atoms with Crippen LogP contribution in [0.2, 0.25) is 0 Å². The first-order valence-electron chi connectivity index (χ1n) is 12.9. The number of ether oxygens (including phenoxy) is 3. The van der Waals surface area contributed by atoms with Crippen LogP contribution in [0, 0.1) is 12.7 Å². The Balaban J connectivity index is 1.40. The normalized spacial score (nSPS) is 14.5. The molecule has 0 fully saturated rings. The molecule has 5 rings (SSSR count). The van der Waals surface area contributed by atoms with Gasteiger partial charge in [-0.05, 0) is 74.4 Å². The van der Waals surface area contributed by atoms with Crippen LogP contribution in [0.3, 0.4) is 0 Å². The van der Waals surface area contributed by atoms with Gasteiger partial charge in [0.25, 0.3) is 0 Å². The predicted molar refractivity (Wildman–Crippen MR) is 148 cm³/mol. The van der Waals surface area contributed by atoms with Crippen LogP contribution in [-0.4, -0.2) is 35.5 Å². The number of rotatable bonds is 8. The SMILES string of the molecule is COc1ccc(C(C)(C)C(=O)N2c3ccccc3C[C@H]2OC(=O)O)cc1OCc1nc(-c2ccc(F)cc2)oc1C. The number of halogens is 1. The Kier molecular flexibility index (Phi) is 7.40. The lowest BCUT2D eigenvalue weighted by Crippen LogP contribution is -2.48. The second-order valence-corrected chi connectivity index (χ2v) is 10.2. The first-order chi connectivity index (χ1) is 19.6. The van der Waals surface area contributed by atoms with Crippen molar-refractivity contribution in [1.29, 1.82) is 0 Å². The number of nitrogens with zero attached hydrogens (tertiary/aromatic N) is 2. The molecule has 1 amide bonds. The first kappa shape index (κ1) is 27.7. The molecule has 3 aromatic carbocycles. The fraction of sp³-hybridized carbons (Fsp3) is 0.258. The summed E-state index contributed by atoms with van der Waals surface area (Å²) in [5, 5.41) is 9.30. The number of methoxy groups -OCH3 is 1. The summed E-state index contributed by atoms with van der Waals surface area (Å²) in [6.45, 7) is 5.34. The molecule has 1 aliphatic heterocycles. The highest BCUT2D eigenvalue weighted by atomic mass is 19.1. The van der Waals surface area contributed by atoms with E-state index in [4.69, 9.17) is 18.6 Å². The Labute approximate surface area is 236 Å². The molecule has 1 N–H and O–H groups in total. The molecule has 0 bridgehead atoms. The van der Waals surface area contributed by atoms with E-state index in [0.717, 1.165) is 5.56 Å². The fourth-order valence-electron chi connectivity index (χ4n) is 4.83. The highest BCUT2D eigenvalue weighted by molar-refractivity contribution is 6.02. The molecule has 0 radical (unpaired) electrons. The molecule has 10 heteroatoms. The summed E-state index contributed by atoms with van der Waals surface area (Å²) >= 11 is 0. The summed E-state index contributed by atoms with van der Waals surface area (Å²) in [5.41, 5.74) is 2.15. The molecule has 41 heavy (non-hydrogen) atoms. The Hall–Kier alpha value is -4.86. The van der Waals surface area contributed by atoms with Crippen molar-refractivity contribution < 1.29 is 37.7 Å². The average Bonchev–Trinajstić information content (AvgIpc) is 3.50. The summed E-state index contributed by atoms with van der Waals surface area (Å²) in [4.78, 5) is 31.3. The predicted octanol–water partition coefficient (Wildman–Crippen LogP) is 6.26. The second kappa shape index (κ2) is 11.0. The van der Waals surface area contributed by atoms with Crippen molar-refractivity contribution in [2.45, 2.75) is 45.4 Å². The Morgan fingerprint density at radius 2 is 1.83 bits per heavy atom. The average molecular weight is 561 g/mol. The van der Waals surface area contributed by atoms with Crippen LogP contribution in [0.1, 0.15) is 36.4 Å². The molecule has 2 heterocycles. The van der Waals surface area contributed by atoms with Gasteiger partial charge in [-0.2, -0.15) is 0 Å². The van der Waals surface area contributed by atoms with Gasteiger partial charge in [0.15, 0.2) is 17.7 Å². The lowest BCUT2D eigenvalue weighted by molar-refractivity contribution is -0.125. The molecule has 4 aromatic rings. The number of benzene rings is 3. The van der Waals surface area contributed by atoms with Crippen molar-refractivity contribution in [1.82, 2.24) is 4.98 Å². The maximum atomic E-state index is 14.0. The Morgan fingerprint density at radius 1 is 1.10 bits per heavy atom. The molecule has 0 aliphatic carbocycles. The molecular weight excluding hydrogens is 531 g/mol. The van der Waals surface area contributed by atoms with Crippen molar-refractivity contribution >= 4 is 17.7 Å². The Bertz CT molecular complexity index is 1600. The van der Waals surface area contributed by atoms with Crippen molar-refractivity contribution in [2.24, 2.45) is 0 Å². The zero-order valence-corrected chi connectivity index (χ0v) is 23.0. The third-order valence-corrected chi connectivity index (χ3v) is 7.16. The van der Waals surface area contributed by atoms with Crippen molar-refractivity contribution in [2.75, 3.05) is 12.0 Å². The van der Waals surface area contributed by atoms with Crippen LogP contribution in [0.5, 0.6) is 11.5 Å². The van der Waals surface area contributed by atoms with Crippen molar-refractivity contribution in [3.8, 4) is 23.0 Å². The van der Waals surface area contributed by atoms with Crippen molar-refractivity contribution in [3.05, 3.63) is 95.1 Å². The molecule has 1 atom stereocenters. The van der Waals surface area contributed by atoms with E-state index in [1.165, 1.54) is 24.1 Å². The summed E-state index contributed by atoms with van der Waals surface area (Å²) in [6, 6.07) is 18.3. The van der Waals surface area contributed by atoms with E-state index >= 15 is 0 Å². The van der Waals surface area contributed by atoms with Crippen LogP contribution in [0.15, 0.2) is 71.1 Å².